The molecule has 4 rings (SSSR count). The molecule has 1 aromatic heterocycles. The minimum atomic E-state index is -3.71. The van der Waals surface area contributed by atoms with E-state index in [1.165, 1.54) is 11.3 Å². The molecular weight excluding hydrogens is 422 g/mol. The molecule has 0 spiro atoms. The second kappa shape index (κ2) is 8.93. The lowest BCUT2D eigenvalue weighted by atomic mass is 10.1. The van der Waals surface area contributed by atoms with Crippen molar-refractivity contribution in [1.82, 2.24) is 15.1 Å². The second-order valence-electron chi connectivity index (χ2n) is 7.60. The molecular formula is C20H27N5O3S2. The molecule has 2 aliphatic heterocycles. The molecule has 2 N–H and O–H groups in total. The van der Waals surface area contributed by atoms with Crippen LogP contribution in [-0.2, 0) is 10.0 Å². The van der Waals surface area contributed by atoms with Gasteiger partial charge in [-0.3, -0.25) is 9.52 Å². The largest absolute Gasteiger partial charge is 0.367 e. The lowest BCUT2D eigenvalue weighted by Gasteiger charge is -2.33. The van der Waals surface area contributed by atoms with E-state index in [2.05, 4.69) is 19.8 Å². The van der Waals surface area contributed by atoms with Crippen LogP contribution in [0.25, 0.3) is 0 Å². The smallest absolute Gasteiger partial charge is 0.271 e. The van der Waals surface area contributed by atoms with E-state index >= 15 is 0 Å². The molecule has 2 saturated heterocycles. The van der Waals surface area contributed by atoms with Crippen LogP contribution in [0.1, 0.15) is 10.4 Å². The topological polar surface area (TPSA) is 85.0 Å². The van der Waals surface area contributed by atoms with E-state index in [4.69, 9.17) is 0 Å². The highest BCUT2D eigenvalue weighted by Gasteiger charge is 2.24. The van der Waals surface area contributed by atoms with Gasteiger partial charge >= 0.3 is 0 Å². The summed E-state index contributed by atoms with van der Waals surface area (Å²) in [5.41, 5.74) is 1.75. The Balaban J connectivity index is 1.65. The van der Waals surface area contributed by atoms with Gasteiger partial charge in [-0.15, -0.1) is 11.3 Å². The average Bonchev–Trinajstić information content (AvgIpc) is 3.30. The molecule has 3 heterocycles. The standard InChI is InChI=1S/C20H27N5O3S2/c1-23-10-12-25(13-11-23)20(26)16-4-5-18(24-8-6-21-7-9-24)17(15-16)22-30(27,28)19-3-2-14-29-19/h2-5,14-15,21-22H,6-13H2,1H3. The fourth-order valence-corrected chi connectivity index (χ4v) is 5.79. The molecule has 0 unspecified atom stereocenters. The third kappa shape index (κ3) is 4.61. The highest BCUT2D eigenvalue weighted by Crippen LogP contribution is 2.31. The Morgan fingerprint density at radius 1 is 1.07 bits per heavy atom. The summed E-state index contributed by atoms with van der Waals surface area (Å²) in [6.45, 7) is 6.23. The summed E-state index contributed by atoms with van der Waals surface area (Å²) in [5, 5.41) is 5.04. The van der Waals surface area contributed by atoms with Crippen LogP contribution in [0.3, 0.4) is 0 Å². The van der Waals surface area contributed by atoms with Gasteiger partial charge in [0.2, 0.25) is 0 Å². The van der Waals surface area contributed by atoms with E-state index in [-0.39, 0.29) is 10.1 Å². The number of hydrogen-bond acceptors (Lipinski definition) is 7. The van der Waals surface area contributed by atoms with Crippen molar-refractivity contribution in [2.45, 2.75) is 4.21 Å². The highest BCUT2D eigenvalue weighted by molar-refractivity contribution is 7.94. The van der Waals surface area contributed by atoms with E-state index in [1.807, 2.05) is 18.0 Å². The predicted octanol–water partition coefficient (Wildman–Crippen LogP) is 1.35. The maximum atomic E-state index is 13.0. The van der Waals surface area contributed by atoms with Crippen LogP contribution in [0, 0.1) is 0 Å². The summed E-state index contributed by atoms with van der Waals surface area (Å²) >= 11 is 1.17. The summed E-state index contributed by atoms with van der Waals surface area (Å²) in [6, 6.07) is 8.64. The number of sulfonamides is 1. The number of amides is 1. The van der Waals surface area contributed by atoms with E-state index < -0.39 is 10.0 Å². The van der Waals surface area contributed by atoms with Gasteiger partial charge in [-0.25, -0.2) is 8.42 Å². The van der Waals surface area contributed by atoms with E-state index in [0.29, 0.717) is 24.3 Å². The molecule has 0 radical (unpaired) electrons. The third-order valence-corrected chi connectivity index (χ3v) is 8.26. The van der Waals surface area contributed by atoms with Gasteiger partial charge in [0.1, 0.15) is 4.21 Å². The number of anilines is 2. The van der Waals surface area contributed by atoms with Gasteiger partial charge in [0.15, 0.2) is 0 Å². The maximum Gasteiger partial charge on any atom is 0.271 e. The number of carbonyl (C=O) groups excluding carboxylic acids is 1. The van der Waals surface area contributed by atoms with Gasteiger partial charge in [-0.05, 0) is 36.7 Å². The third-order valence-electron chi connectivity index (χ3n) is 5.50. The Kier molecular flexibility index (Phi) is 6.28. The molecule has 8 nitrogen and oxygen atoms in total. The van der Waals surface area contributed by atoms with E-state index in [0.717, 1.165) is 45.0 Å². The molecule has 0 bridgehead atoms. The Bertz CT molecular complexity index is 980. The van der Waals surface area contributed by atoms with Crippen LogP contribution in [0.2, 0.25) is 0 Å². The fourth-order valence-electron chi connectivity index (χ4n) is 3.74. The maximum absolute atomic E-state index is 13.0. The van der Waals surface area contributed by atoms with Gasteiger partial charge in [-0.1, -0.05) is 6.07 Å². The van der Waals surface area contributed by atoms with Crippen molar-refractivity contribution >= 4 is 38.6 Å². The van der Waals surface area contributed by atoms with Crippen LogP contribution >= 0.6 is 11.3 Å². The summed E-state index contributed by atoms with van der Waals surface area (Å²) in [6.07, 6.45) is 0. The van der Waals surface area contributed by atoms with Crippen molar-refractivity contribution in [2.75, 3.05) is 69.0 Å². The Morgan fingerprint density at radius 3 is 2.47 bits per heavy atom. The number of nitrogens with one attached hydrogen (secondary N) is 2. The van der Waals surface area contributed by atoms with Crippen LogP contribution < -0.4 is 14.9 Å². The summed E-state index contributed by atoms with van der Waals surface area (Å²) < 4.78 is 28.8. The summed E-state index contributed by atoms with van der Waals surface area (Å²) in [4.78, 5) is 19.2. The van der Waals surface area contributed by atoms with Crippen LogP contribution in [0.5, 0.6) is 0 Å². The lowest BCUT2D eigenvalue weighted by Crippen LogP contribution is -2.47. The molecule has 162 valence electrons. The molecule has 0 aliphatic carbocycles. The zero-order valence-electron chi connectivity index (χ0n) is 17.0. The minimum Gasteiger partial charge on any atom is -0.367 e. The number of carbonyl (C=O) groups is 1. The Hall–Kier alpha value is -2.14. The van der Waals surface area contributed by atoms with Crippen molar-refractivity contribution in [3.63, 3.8) is 0 Å². The molecule has 0 saturated carbocycles. The predicted molar refractivity (Wildman–Crippen MR) is 120 cm³/mol. The normalized spacial score (nSPS) is 18.4. The first-order valence-electron chi connectivity index (χ1n) is 10.1. The van der Waals surface area contributed by atoms with E-state index in [9.17, 15) is 13.2 Å². The van der Waals surface area contributed by atoms with Crippen LogP contribution in [-0.4, -0.2) is 83.5 Å². The first-order chi connectivity index (χ1) is 14.4. The van der Waals surface area contributed by atoms with Crippen LogP contribution in [0.4, 0.5) is 11.4 Å². The van der Waals surface area contributed by atoms with Gasteiger partial charge in [0.05, 0.1) is 11.4 Å². The van der Waals surface area contributed by atoms with Crippen molar-refractivity contribution < 1.29 is 13.2 Å². The fraction of sp³-hybridized carbons (Fsp3) is 0.450. The molecule has 10 heteroatoms. The lowest BCUT2D eigenvalue weighted by molar-refractivity contribution is 0.0664. The molecule has 30 heavy (non-hydrogen) atoms. The zero-order valence-corrected chi connectivity index (χ0v) is 18.6. The van der Waals surface area contributed by atoms with E-state index in [1.54, 1.807) is 29.6 Å². The number of hydrogen-bond donors (Lipinski definition) is 2. The number of nitrogens with zero attached hydrogens (tertiary/aromatic N) is 3. The Labute approximate surface area is 181 Å². The number of likely N-dealkylation sites (N-methyl/N-ethyl adjacent to an activating group) is 1. The minimum absolute atomic E-state index is 0.0634. The second-order valence-corrected chi connectivity index (χ2v) is 10.5. The molecule has 0 atom stereocenters. The van der Waals surface area contributed by atoms with Crippen molar-refractivity contribution in [3.05, 3.63) is 41.3 Å². The number of rotatable bonds is 5. The van der Waals surface area contributed by atoms with Gasteiger partial charge < -0.3 is 20.0 Å². The number of piperazine rings is 2. The zero-order chi connectivity index (χ0) is 21.1. The monoisotopic (exact) mass is 449 g/mol. The first-order valence-corrected chi connectivity index (χ1v) is 12.4. The molecule has 2 aliphatic rings. The molecule has 2 fully saturated rings. The number of thiophene rings is 1. The summed E-state index contributed by atoms with van der Waals surface area (Å²) in [7, 11) is -1.67. The van der Waals surface area contributed by atoms with Crippen molar-refractivity contribution in [3.8, 4) is 0 Å². The first kappa shape index (κ1) is 21.1. The van der Waals surface area contributed by atoms with Crippen molar-refractivity contribution in [1.29, 1.82) is 0 Å². The Morgan fingerprint density at radius 2 is 1.80 bits per heavy atom. The SMILES string of the molecule is CN1CCN(C(=O)c2ccc(N3CCNCC3)c(NS(=O)(=O)c3cccs3)c2)CC1. The van der Waals surface area contributed by atoms with Gasteiger partial charge in [-0.2, -0.15) is 0 Å². The van der Waals surface area contributed by atoms with Crippen LogP contribution in [0.15, 0.2) is 39.9 Å². The average molecular weight is 450 g/mol. The summed E-state index contributed by atoms with van der Waals surface area (Å²) in [5.74, 6) is -0.0634. The molecule has 1 aromatic carbocycles. The van der Waals surface area contributed by atoms with Gasteiger partial charge in [0, 0.05) is 57.9 Å². The van der Waals surface area contributed by atoms with Gasteiger partial charge in [0.25, 0.3) is 15.9 Å². The molecule has 1 amide bonds. The van der Waals surface area contributed by atoms with Crippen molar-refractivity contribution in [2.24, 2.45) is 0 Å². The highest BCUT2D eigenvalue weighted by atomic mass is 32.2. The number of benzene rings is 1. The quantitative estimate of drug-likeness (QED) is 0.717. The molecule has 2 aromatic rings.